The molecule has 0 unspecified atom stereocenters. The van der Waals surface area contributed by atoms with Crippen LogP contribution in [0.4, 0.5) is 0 Å². The van der Waals surface area contributed by atoms with Gasteiger partial charge in [0.25, 0.3) is 5.17 Å². The smallest absolute Gasteiger partial charge is 0.259 e. The lowest BCUT2D eigenvalue weighted by atomic mass is 10.2. The molecule has 1 aliphatic heterocycles. The average Bonchev–Trinajstić information content (AvgIpc) is 1.79. The minimum atomic E-state index is 0.564. The van der Waals surface area contributed by atoms with E-state index in [9.17, 15) is 0 Å². The van der Waals surface area contributed by atoms with Crippen molar-refractivity contribution in [3.8, 4) is 0 Å². The van der Waals surface area contributed by atoms with Gasteiger partial charge in [-0.2, -0.15) is 0 Å². The standard InChI is InChI=1S/C8H15NOS/c1-7(2)6-10-8(11)9-4-3-5-9/h7H,3-6H2,1-2H3. The Hall–Kier alpha value is -0.310. The third-order valence-corrected chi connectivity index (χ3v) is 2.03. The van der Waals surface area contributed by atoms with Gasteiger partial charge in [-0.1, -0.05) is 13.8 Å². The largest absolute Gasteiger partial charge is 0.471 e. The van der Waals surface area contributed by atoms with Gasteiger partial charge in [0.05, 0.1) is 6.61 Å². The van der Waals surface area contributed by atoms with E-state index in [1.165, 1.54) is 6.42 Å². The van der Waals surface area contributed by atoms with Crippen molar-refractivity contribution in [2.45, 2.75) is 20.3 Å². The Morgan fingerprint density at radius 3 is 2.55 bits per heavy atom. The van der Waals surface area contributed by atoms with Crippen molar-refractivity contribution in [2.75, 3.05) is 19.7 Å². The highest BCUT2D eigenvalue weighted by atomic mass is 32.1. The lowest BCUT2D eigenvalue weighted by Gasteiger charge is -2.32. The van der Waals surface area contributed by atoms with E-state index >= 15 is 0 Å². The molecular weight excluding hydrogens is 158 g/mol. The number of rotatable bonds is 2. The molecule has 64 valence electrons. The number of ether oxygens (including phenoxy) is 1. The Morgan fingerprint density at radius 2 is 2.18 bits per heavy atom. The molecule has 1 saturated heterocycles. The van der Waals surface area contributed by atoms with Crippen LogP contribution in [0.3, 0.4) is 0 Å². The van der Waals surface area contributed by atoms with E-state index in [1.807, 2.05) is 0 Å². The van der Waals surface area contributed by atoms with Crippen LogP contribution in [0.25, 0.3) is 0 Å². The number of likely N-dealkylation sites (tertiary alicyclic amines) is 1. The minimum absolute atomic E-state index is 0.564. The molecule has 11 heavy (non-hydrogen) atoms. The Labute approximate surface area is 73.5 Å². The van der Waals surface area contributed by atoms with E-state index in [0.717, 1.165) is 19.7 Å². The Kier molecular flexibility index (Phi) is 3.12. The summed E-state index contributed by atoms with van der Waals surface area (Å²) in [5.41, 5.74) is 0. The zero-order valence-corrected chi connectivity index (χ0v) is 7.99. The van der Waals surface area contributed by atoms with Gasteiger partial charge in [-0.25, -0.2) is 0 Å². The van der Waals surface area contributed by atoms with E-state index in [0.29, 0.717) is 11.1 Å². The molecule has 0 aliphatic carbocycles. The summed E-state index contributed by atoms with van der Waals surface area (Å²) in [6.45, 7) is 7.15. The first-order valence-corrected chi connectivity index (χ1v) is 4.52. The molecule has 0 N–H and O–H groups in total. The normalized spacial score (nSPS) is 16.5. The lowest BCUT2D eigenvalue weighted by molar-refractivity contribution is 0.180. The van der Waals surface area contributed by atoms with Crippen LogP contribution >= 0.6 is 12.2 Å². The minimum Gasteiger partial charge on any atom is -0.471 e. The summed E-state index contributed by atoms with van der Waals surface area (Å²) in [5, 5.41) is 0.685. The molecule has 0 atom stereocenters. The predicted molar refractivity (Wildman–Crippen MR) is 49.6 cm³/mol. The second kappa shape index (κ2) is 3.90. The van der Waals surface area contributed by atoms with Crippen LogP contribution in [0.5, 0.6) is 0 Å². The van der Waals surface area contributed by atoms with E-state index < -0.39 is 0 Å². The van der Waals surface area contributed by atoms with Crippen molar-refractivity contribution in [2.24, 2.45) is 5.92 Å². The first-order chi connectivity index (χ1) is 5.20. The maximum atomic E-state index is 5.36. The van der Waals surface area contributed by atoms with Gasteiger partial charge in [0.2, 0.25) is 0 Å². The molecule has 0 amide bonds. The molecule has 0 spiro atoms. The highest BCUT2D eigenvalue weighted by Gasteiger charge is 2.17. The highest BCUT2D eigenvalue weighted by Crippen LogP contribution is 2.08. The first kappa shape index (κ1) is 8.78. The molecule has 1 fully saturated rings. The first-order valence-electron chi connectivity index (χ1n) is 4.12. The monoisotopic (exact) mass is 173 g/mol. The summed E-state index contributed by atoms with van der Waals surface area (Å²) < 4.78 is 5.36. The third-order valence-electron chi connectivity index (χ3n) is 1.65. The van der Waals surface area contributed by atoms with E-state index in [2.05, 4.69) is 18.7 Å². The summed E-state index contributed by atoms with van der Waals surface area (Å²) in [7, 11) is 0. The molecule has 1 aliphatic rings. The van der Waals surface area contributed by atoms with E-state index in [1.54, 1.807) is 0 Å². The fourth-order valence-electron chi connectivity index (χ4n) is 0.828. The molecular formula is C8H15NOS. The maximum Gasteiger partial charge on any atom is 0.259 e. The molecule has 0 aromatic rings. The van der Waals surface area contributed by atoms with Crippen LogP contribution in [0, 0.1) is 5.92 Å². The molecule has 0 aromatic carbocycles. The second-order valence-electron chi connectivity index (χ2n) is 3.31. The summed E-state index contributed by atoms with van der Waals surface area (Å²) >= 11 is 5.05. The van der Waals surface area contributed by atoms with Crippen molar-refractivity contribution in [1.29, 1.82) is 0 Å². The van der Waals surface area contributed by atoms with Crippen molar-refractivity contribution in [3.63, 3.8) is 0 Å². The number of hydrogen-bond acceptors (Lipinski definition) is 2. The van der Waals surface area contributed by atoms with Gasteiger partial charge in [0.1, 0.15) is 0 Å². The lowest BCUT2D eigenvalue weighted by Crippen LogP contribution is -2.42. The fraction of sp³-hybridized carbons (Fsp3) is 0.875. The molecule has 3 heteroatoms. The van der Waals surface area contributed by atoms with Gasteiger partial charge in [0, 0.05) is 13.1 Å². The summed E-state index contributed by atoms with van der Waals surface area (Å²) in [5.74, 6) is 0.564. The van der Waals surface area contributed by atoms with Gasteiger partial charge >= 0.3 is 0 Å². The van der Waals surface area contributed by atoms with Crippen LogP contribution in [0.1, 0.15) is 20.3 Å². The molecule has 1 rings (SSSR count). The zero-order chi connectivity index (χ0) is 8.27. The Balaban J connectivity index is 2.10. The summed E-state index contributed by atoms with van der Waals surface area (Å²) in [6, 6.07) is 0. The van der Waals surface area contributed by atoms with Gasteiger partial charge in [0.15, 0.2) is 0 Å². The van der Waals surface area contributed by atoms with Crippen molar-refractivity contribution in [1.82, 2.24) is 4.90 Å². The van der Waals surface area contributed by atoms with Crippen LogP contribution in [-0.4, -0.2) is 29.8 Å². The highest BCUT2D eigenvalue weighted by molar-refractivity contribution is 7.80. The third kappa shape index (κ3) is 2.66. The zero-order valence-electron chi connectivity index (χ0n) is 7.17. The maximum absolute atomic E-state index is 5.36. The second-order valence-corrected chi connectivity index (χ2v) is 3.66. The molecule has 0 radical (unpaired) electrons. The Bertz CT molecular complexity index is 143. The predicted octanol–water partition coefficient (Wildman–Crippen LogP) is 1.65. The molecule has 0 bridgehead atoms. The van der Waals surface area contributed by atoms with Crippen molar-refractivity contribution in [3.05, 3.63) is 0 Å². The summed E-state index contributed by atoms with van der Waals surface area (Å²) in [4.78, 5) is 2.09. The quantitative estimate of drug-likeness (QED) is 0.589. The molecule has 2 nitrogen and oxygen atoms in total. The number of hydrogen-bond donors (Lipinski definition) is 0. The van der Waals surface area contributed by atoms with Crippen molar-refractivity contribution >= 4 is 17.4 Å². The molecule has 0 saturated carbocycles. The van der Waals surface area contributed by atoms with Crippen LogP contribution in [-0.2, 0) is 4.74 Å². The van der Waals surface area contributed by atoms with Crippen LogP contribution in [0.2, 0.25) is 0 Å². The van der Waals surface area contributed by atoms with E-state index in [-0.39, 0.29) is 0 Å². The number of nitrogens with zero attached hydrogens (tertiary/aromatic N) is 1. The average molecular weight is 173 g/mol. The van der Waals surface area contributed by atoms with Crippen LogP contribution < -0.4 is 0 Å². The fourth-order valence-corrected chi connectivity index (χ4v) is 1.08. The molecule has 0 aromatic heterocycles. The van der Waals surface area contributed by atoms with Gasteiger partial charge in [-0.15, -0.1) is 0 Å². The Morgan fingerprint density at radius 1 is 1.55 bits per heavy atom. The summed E-state index contributed by atoms with van der Waals surface area (Å²) in [6.07, 6.45) is 1.26. The topological polar surface area (TPSA) is 12.5 Å². The van der Waals surface area contributed by atoms with Gasteiger partial charge in [-0.3, -0.25) is 0 Å². The van der Waals surface area contributed by atoms with Crippen molar-refractivity contribution < 1.29 is 4.74 Å². The van der Waals surface area contributed by atoms with Crippen LogP contribution in [0.15, 0.2) is 0 Å². The SMILES string of the molecule is CC(C)COC(=S)N1CCC1. The van der Waals surface area contributed by atoms with Gasteiger partial charge < -0.3 is 9.64 Å². The molecule has 1 heterocycles. The van der Waals surface area contributed by atoms with Gasteiger partial charge in [-0.05, 0) is 24.6 Å². The van der Waals surface area contributed by atoms with E-state index in [4.69, 9.17) is 17.0 Å². The number of thiocarbonyl (C=S) groups is 1.